The Hall–Kier alpha value is -1.40. The number of hydrogen-bond donors (Lipinski definition) is 3. The van der Waals surface area contributed by atoms with Crippen LogP contribution in [0.5, 0.6) is 0 Å². The molecule has 6 heteroatoms. The molecule has 2 amide bonds. The van der Waals surface area contributed by atoms with E-state index in [4.69, 9.17) is 5.11 Å². The van der Waals surface area contributed by atoms with Gasteiger partial charge in [-0.3, -0.25) is 9.59 Å². The summed E-state index contributed by atoms with van der Waals surface area (Å²) in [5, 5.41) is 14.2. The Morgan fingerprint density at radius 3 is 2.53 bits per heavy atom. The molecule has 0 aliphatic heterocycles. The fourth-order valence-corrected chi connectivity index (χ4v) is 2.04. The number of benzene rings is 1. The molecule has 0 unspecified atom stereocenters. The number of hydrogen-bond acceptors (Lipinski definition) is 3. The number of carbonyl (C=O) groups excluding carboxylic acids is 2. The average Bonchev–Trinajstić information content (AvgIpc) is 3.19. The van der Waals surface area contributed by atoms with Crippen LogP contribution in [-0.2, 0) is 9.59 Å². The van der Waals surface area contributed by atoms with Gasteiger partial charge in [0, 0.05) is 16.4 Å². The van der Waals surface area contributed by atoms with Gasteiger partial charge in [-0.05, 0) is 40.9 Å². The number of rotatable bonds is 4. The number of anilines is 1. The van der Waals surface area contributed by atoms with E-state index in [1.54, 1.807) is 18.2 Å². The fraction of sp³-hybridized carbons (Fsp3) is 0.385. The van der Waals surface area contributed by atoms with Crippen molar-refractivity contribution in [3.8, 4) is 0 Å². The molecule has 1 aromatic carbocycles. The van der Waals surface area contributed by atoms with E-state index in [1.807, 2.05) is 6.07 Å². The van der Waals surface area contributed by atoms with Gasteiger partial charge in [-0.2, -0.15) is 0 Å². The summed E-state index contributed by atoms with van der Waals surface area (Å²) in [6.07, 6.45) is 1.77. The first-order chi connectivity index (χ1) is 9.06. The molecule has 0 spiro atoms. The molecule has 0 bridgehead atoms. The van der Waals surface area contributed by atoms with Gasteiger partial charge in [-0.25, -0.2) is 0 Å². The molecule has 0 heterocycles. The zero-order valence-electron chi connectivity index (χ0n) is 10.3. The highest BCUT2D eigenvalue weighted by atomic mass is 79.9. The van der Waals surface area contributed by atoms with E-state index in [0.29, 0.717) is 16.7 Å². The van der Waals surface area contributed by atoms with Crippen LogP contribution in [0, 0.1) is 5.41 Å². The molecule has 102 valence electrons. The van der Waals surface area contributed by atoms with Gasteiger partial charge in [0.1, 0.15) is 0 Å². The molecule has 1 saturated carbocycles. The predicted molar refractivity (Wildman–Crippen MR) is 74.5 cm³/mol. The molecule has 1 aliphatic carbocycles. The van der Waals surface area contributed by atoms with Crippen molar-refractivity contribution in [2.75, 3.05) is 18.5 Å². The number of amides is 2. The first-order valence-corrected chi connectivity index (χ1v) is 6.80. The zero-order chi connectivity index (χ0) is 13.9. The molecular formula is C13H15BrN2O3. The second-order valence-corrected chi connectivity index (χ2v) is 5.63. The minimum absolute atomic E-state index is 0.0408. The molecule has 2 rings (SSSR count). The standard InChI is InChI=1S/C13H15BrN2O3/c14-9-3-1-2-4-10(9)16-12(19)11(18)15-7-13(8-17)5-6-13/h1-4,17H,5-8H2,(H,15,18)(H,16,19). The van der Waals surface area contributed by atoms with E-state index in [9.17, 15) is 9.59 Å². The summed E-state index contributed by atoms with van der Waals surface area (Å²) >= 11 is 3.29. The van der Waals surface area contributed by atoms with E-state index >= 15 is 0 Å². The Balaban J connectivity index is 1.86. The van der Waals surface area contributed by atoms with E-state index in [0.717, 1.165) is 12.8 Å². The Bertz CT molecular complexity index is 500. The van der Waals surface area contributed by atoms with Crippen molar-refractivity contribution in [1.82, 2.24) is 5.32 Å². The van der Waals surface area contributed by atoms with Gasteiger partial charge in [0.05, 0.1) is 12.3 Å². The third-order valence-corrected chi connectivity index (χ3v) is 3.94. The van der Waals surface area contributed by atoms with Crippen molar-refractivity contribution < 1.29 is 14.7 Å². The molecule has 0 aromatic heterocycles. The summed E-state index contributed by atoms with van der Waals surface area (Å²) in [6, 6.07) is 7.06. The van der Waals surface area contributed by atoms with Crippen molar-refractivity contribution in [3.63, 3.8) is 0 Å². The lowest BCUT2D eigenvalue weighted by Crippen LogP contribution is -2.39. The number of nitrogens with one attached hydrogen (secondary N) is 2. The molecule has 0 saturated heterocycles. The zero-order valence-corrected chi connectivity index (χ0v) is 11.9. The van der Waals surface area contributed by atoms with Gasteiger partial charge in [-0.1, -0.05) is 12.1 Å². The molecule has 0 radical (unpaired) electrons. The van der Waals surface area contributed by atoms with E-state index in [2.05, 4.69) is 26.6 Å². The third-order valence-electron chi connectivity index (χ3n) is 3.24. The van der Waals surface area contributed by atoms with E-state index in [1.165, 1.54) is 0 Å². The monoisotopic (exact) mass is 326 g/mol. The van der Waals surface area contributed by atoms with Gasteiger partial charge < -0.3 is 15.7 Å². The molecule has 1 aliphatic rings. The van der Waals surface area contributed by atoms with Crippen LogP contribution >= 0.6 is 15.9 Å². The maximum Gasteiger partial charge on any atom is 0.313 e. The Labute approximate surface area is 119 Å². The average molecular weight is 327 g/mol. The van der Waals surface area contributed by atoms with Crippen LogP contribution in [0.1, 0.15) is 12.8 Å². The van der Waals surface area contributed by atoms with Crippen LogP contribution in [0.2, 0.25) is 0 Å². The normalized spacial score (nSPS) is 15.7. The minimum atomic E-state index is -0.708. The minimum Gasteiger partial charge on any atom is -0.396 e. The first-order valence-electron chi connectivity index (χ1n) is 6.01. The number of aliphatic hydroxyl groups is 1. The quantitative estimate of drug-likeness (QED) is 0.729. The van der Waals surface area contributed by atoms with Crippen molar-refractivity contribution in [1.29, 1.82) is 0 Å². The van der Waals surface area contributed by atoms with Crippen LogP contribution < -0.4 is 10.6 Å². The Kier molecular flexibility index (Phi) is 4.21. The molecule has 0 atom stereocenters. The van der Waals surface area contributed by atoms with Gasteiger partial charge in [0.25, 0.3) is 0 Å². The topological polar surface area (TPSA) is 78.4 Å². The number of carbonyl (C=O) groups is 2. The second kappa shape index (κ2) is 5.71. The van der Waals surface area contributed by atoms with Gasteiger partial charge in [0.15, 0.2) is 0 Å². The van der Waals surface area contributed by atoms with Gasteiger partial charge >= 0.3 is 11.8 Å². The van der Waals surface area contributed by atoms with E-state index in [-0.39, 0.29) is 12.0 Å². The first kappa shape index (κ1) is 14.0. The third kappa shape index (κ3) is 3.54. The lowest BCUT2D eigenvalue weighted by molar-refractivity contribution is -0.136. The van der Waals surface area contributed by atoms with Crippen LogP contribution in [0.4, 0.5) is 5.69 Å². The van der Waals surface area contributed by atoms with Crippen molar-refractivity contribution in [2.24, 2.45) is 5.41 Å². The predicted octanol–water partition coefficient (Wildman–Crippen LogP) is 1.28. The summed E-state index contributed by atoms with van der Waals surface area (Å²) in [4.78, 5) is 23.3. The highest BCUT2D eigenvalue weighted by Crippen LogP contribution is 2.44. The SMILES string of the molecule is O=C(NCC1(CO)CC1)C(=O)Nc1ccccc1Br. The summed E-state index contributed by atoms with van der Waals surface area (Å²) in [7, 11) is 0. The molecule has 19 heavy (non-hydrogen) atoms. The lowest BCUT2D eigenvalue weighted by Gasteiger charge is -2.12. The molecule has 5 nitrogen and oxygen atoms in total. The Morgan fingerprint density at radius 1 is 1.26 bits per heavy atom. The number of para-hydroxylation sites is 1. The molecule has 3 N–H and O–H groups in total. The highest BCUT2D eigenvalue weighted by molar-refractivity contribution is 9.10. The summed E-state index contributed by atoms with van der Waals surface area (Å²) < 4.78 is 0.713. The smallest absolute Gasteiger partial charge is 0.313 e. The maximum absolute atomic E-state index is 11.7. The van der Waals surface area contributed by atoms with Crippen molar-refractivity contribution in [3.05, 3.63) is 28.7 Å². The van der Waals surface area contributed by atoms with Crippen LogP contribution in [0.15, 0.2) is 28.7 Å². The summed E-state index contributed by atoms with van der Waals surface area (Å²) in [6.45, 7) is 0.380. The Morgan fingerprint density at radius 2 is 1.95 bits per heavy atom. The van der Waals surface area contributed by atoms with Gasteiger partial charge in [-0.15, -0.1) is 0 Å². The van der Waals surface area contributed by atoms with E-state index < -0.39 is 11.8 Å². The maximum atomic E-state index is 11.7. The van der Waals surface area contributed by atoms with Crippen LogP contribution in [0.25, 0.3) is 0 Å². The highest BCUT2D eigenvalue weighted by Gasteiger charge is 2.42. The van der Waals surface area contributed by atoms with Crippen molar-refractivity contribution in [2.45, 2.75) is 12.8 Å². The van der Waals surface area contributed by atoms with Crippen LogP contribution in [-0.4, -0.2) is 30.1 Å². The second-order valence-electron chi connectivity index (χ2n) is 4.77. The molecule has 1 fully saturated rings. The number of halogens is 1. The fourth-order valence-electron chi connectivity index (χ4n) is 1.66. The van der Waals surface area contributed by atoms with Gasteiger partial charge in [0.2, 0.25) is 0 Å². The largest absolute Gasteiger partial charge is 0.396 e. The molecular weight excluding hydrogens is 312 g/mol. The van der Waals surface area contributed by atoms with Crippen molar-refractivity contribution >= 4 is 33.4 Å². The van der Waals surface area contributed by atoms with Crippen LogP contribution in [0.3, 0.4) is 0 Å². The lowest BCUT2D eigenvalue weighted by atomic mass is 10.1. The molecule has 1 aromatic rings. The number of aliphatic hydroxyl groups excluding tert-OH is 1. The summed E-state index contributed by atoms with van der Waals surface area (Å²) in [5.41, 5.74) is 0.342. The summed E-state index contributed by atoms with van der Waals surface area (Å²) in [5.74, 6) is -1.39.